The van der Waals surface area contributed by atoms with Gasteiger partial charge in [0.1, 0.15) is 5.75 Å². The molecule has 138 valence electrons. The number of amides is 2. The molecule has 2 amide bonds. The molecule has 0 aliphatic rings. The predicted octanol–water partition coefficient (Wildman–Crippen LogP) is 3.68. The van der Waals surface area contributed by atoms with Crippen LogP contribution < -0.4 is 10.1 Å². The molecule has 0 fully saturated rings. The van der Waals surface area contributed by atoms with E-state index < -0.39 is 0 Å². The first-order valence-corrected chi connectivity index (χ1v) is 8.80. The molecule has 26 heavy (non-hydrogen) atoms. The first kappa shape index (κ1) is 19.5. The average molecular weight is 354 g/mol. The normalized spacial score (nSPS) is 11.5. The molecule has 0 saturated heterocycles. The van der Waals surface area contributed by atoms with Crippen molar-refractivity contribution >= 4 is 17.5 Å². The fraction of sp³-hybridized carbons (Fsp3) is 0.333. The van der Waals surface area contributed by atoms with Gasteiger partial charge in [-0.15, -0.1) is 0 Å². The van der Waals surface area contributed by atoms with Crippen molar-refractivity contribution in [3.05, 3.63) is 60.2 Å². The molecular weight excluding hydrogens is 328 g/mol. The van der Waals surface area contributed by atoms with Gasteiger partial charge in [0, 0.05) is 19.8 Å². The number of hydrogen-bond donors (Lipinski definition) is 1. The topological polar surface area (TPSA) is 58.6 Å². The number of benzene rings is 2. The first-order valence-electron chi connectivity index (χ1n) is 8.80. The van der Waals surface area contributed by atoms with Gasteiger partial charge in [-0.25, -0.2) is 0 Å². The monoisotopic (exact) mass is 354 g/mol. The van der Waals surface area contributed by atoms with Crippen LogP contribution in [0.15, 0.2) is 54.6 Å². The lowest BCUT2D eigenvalue weighted by molar-refractivity contribution is -0.130. The standard InChI is InChI=1S/C21H26N2O3/c1-4-8-19(16-9-6-5-7-10-16)21(25)22-17-11-13-18(14-12-17)26-15-20(24)23(2)3/h5-7,9-14,19H,4,8,15H2,1-3H3,(H,22,25). The summed E-state index contributed by atoms with van der Waals surface area (Å²) in [5, 5.41) is 2.97. The number of ether oxygens (including phenoxy) is 1. The van der Waals surface area contributed by atoms with E-state index >= 15 is 0 Å². The lowest BCUT2D eigenvalue weighted by atomic mass is 9.93. The number of likely N-dealkylation sites (N-methyl/N-ethyl adjacent to an activating group) is 1. The molecule has 0 aliphatic carbocycles. The van der Waals surface area contributed by atoms with E-state index in [1.165, 1.54) is 4.90 Å². The third-order valence-electron chi connectivity index (χ3n) is 4.08. The minimum absolute atomic E-state index is 0.00864. The van der Waals surface area contributed by atoms with Crippen molar-refractivity contribution in [2.75, 3.05) is 26.0 Å². The Morgan fingerprint density at radius 1 is 1.04 bits per heavy atom. The highest BCUT2D eigenvalue weighted by Gasteiger charge is 2.19. The zero-order valence-corrected chi connectivity index (χ0v) is 15.6. The molecule has 0 heterocycles. The van der Waals surface area contributed by atoms with Crippen LogP contribution in [0.25, 0.3) is 0 Å². The van der Waals surface area contributed by atoms with E-state index in [9.17, 15) is 9.59 Å². The maximum absolute atomic E-state index is 12.7. The van der Waals surface area contributed by atoms with E-state index in [0.29, 0.717) is 11.4 Å². The van der Waals surface area contributed by atoms with Crippen LogP contribution in [0.3, 0.4) is 0 Å². The van der Waals surface area contributed by atoms with E-state index in [2.05, 4.69) is 12.2 Å². The second-order valence-electron chi connectivity index (χ2n) is 6.34. The molecule has 1 N–H and O–H groups in total. The van der Waals surface area contributed by atoms with Crippen molar-refractivity contribution in [1.82, 2.24) is 4.90 Å². The molecule has 1 unspecified atom stereocenters. The van der Waals surface area contributed by atoms with Gasteiger partial charge in [0.25, 0.3) is 5.91 Å². The third kappa shape index (κ3) is 5.62. The zero-order valence-electron chi connectivity index (χ0n) is 15.6. The summed E-state index contributed by atoms with van der Waals surface area (Å²) in [5.74, 6) is 0.295. The van der Waals surface area contributed by atoms with Crippen LogP contribution in [0.4, 0.5) is 5.69 Å². The van der Waals surface area contributed by atoms with Crippen LogP contribution >= 0.6 is 0 Å². The van der Waals surface area contributed by atoms with Gasteiger partial charge in [0.2, 0.25) is 5.91 Å². The van der Waals surface area contributed by atoms with Crippen LogP contribution in [0.2, 0.25) is 0 Å². The number of anilines is 1. The molecule has 0 saturated carbocycles. The maximum Gasteiger partial charge on any atom is 0.259 e. The zero-order chi connectivity index (χ0) is 18.9. The van der Waals surface area contributed by atoms with Gasteiger partial charge < -0.3 is 15.0 Å². The quantitative estimate of drug-likeness (QED) is 0.787. The SMILES string of the molecule is CCCC(C(=O)Nc1ccc(OCC(=O)N(C)C)cc1)c1ccccc1. The highest BCUT2D eigenvalue weighted by atomic mass is 16.5. The Morgan fingerprint density at radius 2 is 1.69 bits per heavy atom. The molecule has 5 nitrogen and oxygen atoms in total. The molecule has 2 aromatic rings. The van der Waals surface area contributed by atoms with Crippen LogP contribution in [0.5, 0.6) is 5.75 Å². The molecule has 2 aromatic carbocycles. The van der Waals surface area contributed by atoms with Crippen LogP contribution in [-0.2, 0) is 9.59 Å². The summed E-state index contributed by atoms with van der Waals surface area (Å²) in [7, 11) is 3.37. The molecule has 0 aromatic heterocycles. The fourth-order valence-electron chi connectivity index (χ4n) is 2.56. The van der Waals surface area contributed by atoms with Gasteiger partial charge in [0.05, 0.1) is 5.92 Å². The van der Waals surface area contributed by atoms with Gasteiger partial charge in [-0.3, -0.25) is 9.59 Å². The molecule has 1 atom stereocenters. The largest absolute Gasteiger partial charge is 0.484 e. The Labute approximate surface area is 155 Å². The molecule has 0 bridgehead atoms. The summed E-state index contributed by atoms with van der Waals surface area (Å²) in [6.07, 6.45) is 1.73. The molecule has 2 rings (SSSR count). The fourth-order valence-corrected chi connectivity index (χ4v) is 2.56. The number of carbonyl (C=O) groups excluding carboxylic acids is 2. The predicted molar refractivity (Wildman–Crippen MR) is 103 cm³/mol. The smallest absolute Gasteiger partial charge is 0.259 e. The average Bonchev–Trinajstić information content (AvgIpc) is 2.65. The van der Waals surface area contributed by atoms with Crippen molar-refractivity contribution in [1.29, 1.82) is 0 Å². The number of carbonyl (C=O) groups is 2. The molecule has 5 heteroatoms. The summed E-state index contributed by atoms with van der Waals surface area (Å²) >= 11 is 0. The van der Waals surface area contributed by atoms with Crippen molar-refractivity contribution < 1.29 is 14.3 Å². The molecule has 0 radical (unpaired) electrons. The van der Waals surface area contributed by atoms with Crippen molar-refractivity contribution in [3.8, 4) is 5.75 Å². The highest BCUT2D eigenvalue weighted by molar-refractivity contribution is 5.95. The second kappa shape index (κ2) is 9.61. The Kier molecular flexibility index (Phi) is 7.21. The van der Waals surface area contributed by atoms with E-state index in [1.54, 1.807) is 38.4 Å². The highest BCUT2D eigenvalue weighted by Crippen LogP contribution is 2.24. The minimum atomic E-state index is -0.171. The Bertz CT molecular complexity index is 712. The van der Waals surface area contributed by atoms with E-state index in [1.807, 2.05) is 30.3 Å². The molecule has 0 aliphatic heterocycles. The lowest BCUT2D eigenvalue weighted by Gasteiger charge is -2.17. The number of nitrogens with one attached hydrogen (secondary N) is 1. The van der Waals surface area contributed by atoms with Crippen LogP contribution in [0.1, 0.15) is 31.2 Å². The maximum atomic E-state index is 12.7. The van der Waals surface area contributed by atoms with Gasteiger partial charge in [0.15, 0.2) is 6.61 Å². The lowest BCUT2D eigenvalue weighted by Crippen LogP contribution is -2.27. The Balaban J connectivity index is 1.98. The minimum Gasteiger partial charge on any atom is -0.484 e. The van der Waals surface area contributed by atoms with E-state index in [0.717, 1.165) is 18.4 Å². The summed E-state index contributed by atoms with van der Waals surface area (Å²) in [6, 6.07) is 16.9. The Morgan fingerprint density at radius 3 is 2.27 bits per heavy atom. The number of nitrogens with zero attached hydrogens (tertiary/aromatic N) is 1. The van der Waals surface area contributed by atoms with Crippen molar-refractivity contribution in [3.63, 3.8) is 0 Å². The summed E-state index contributed by atoms with van der Waals surface area (Å²) in [5.41, 5.74) is 1.73. The van der Waals surface area contributed by atoms with Gasteiger partial charge in [-0.05, 0) is 36.2 Å². The first-order chi connectivity index (χ1) is 12.5. The third-order valence-corrected chi connectivity index (χ3v) is 4.08. The number of rotatable bonds is 8. The van der Waals surface area contributed by atoms with Crippen molar-refractivity contribution in [2.24, 2.45) is 0 Å². The van der Waals surface area contributed by atoms with E-state index in [4.69, 9.17) is 4.74 Å². The number of hydrogen-bond acceptors (Lipinski definition) is 3. The van der Waals surface area contributed by atoms with Gasteiger partial charge in [-0.1, -0.05) is 43.7 Å². The second-order valence-corrected chi connectivity index (χ2v) is 6.34. The Hall–Kier alpha value is -2.82. The molecule has 0 spiro atoms. The van der Waals surface area contributed by atoms with E-state index in [-0.39, 0.29) is 24.3 Å². The van der Waals surface area contributed by atoms with Gasteiger partial charge >= 0.3 is 0 Å². The molecular formula is C21H26N2O3. The summed E-state index contributed by atoms with van der Waals surface area (Å²) in [6.45, 7) is 2.07. The summed E-state index contributed by atoms with van der Waals surface area (Å²) in [4.78, 5) is 25.7. The van der Waals surface area contributed by atoms with Crippen molar-refractivity contribution in [2.45, 2.75) is 25.7 Å². The van der Waals surface area contributed by atoms with Gasteiger partial charge in [-0.2, -0.15) is 0 Å². The summed E-state index contributed by atoms with van der Waals surface area (Å²) < 4.78 is 5.44. The van der Waals surface area contributed by atoms with Crippen LogP contribution in [-0.4, -0.2) is 37.4 Å². The van der Waals surface area contributed by atoms with Crippen LogP contribution in [0, 0.1) is 0 Å².